The van der Waals surface area contributed by atoms with Gasteiger partial charge in [0.05, 0.1) is 12.3 Å². The van der Waals surface area contributed by atoms with Gasteiger partial charge in [0.15, 0.2) is 5.69 Å². The molecule has 0 radical (unpaired) electrons. The number of hydrogen-bond acceptors (Lipinski definition) is 4. The van der Waals surface area contributed by atoms with Crippen LogP contribution in [0.15, 0.2) is 47.5 Å². The van der Waals surface area contributed by atoms with Gasteiger partial charge in [-0.1, -0.05) is 30.3 Å². The van der Waals surface area contributed by atoms with E-state index >= 15 is 0 Å². The standard InChI is InChI=1S/C20H18F2N4O2S/c1-20(12-29(27,28)26(3)19(23)25-20)16-10-13(4-9-17(16)21)11-18(22)14-5-7-15(24-2)8-6-14/h4-11H,12H2,1,3H3,(H2,23,25)/b18-11-/t20-/m0/s1. The smallest absolute Gasteiger partial charge is 0.239 e. The molecule has 0 bridgehead atoms. The number of benzene rings is 2. The lowest BCUT2D eigenvalue weighted by atomic mass is 9.92. The van der Waals surface area contributed by atoms with Crippen LogP contribution >= 0.6 is 0 Å². The zero-order valence-electron chi connectivity index (χ0n) is 15.7. The topological polar surface area (TPSA) is 80.1 Å². The van der Waals surface area contributed by atoms with Gasteiger partial charge < -0.3 is 5.73 Å². The van der Waals surface area contributed by atoms with Crippen LogP contribution in [-0.4, -0.2) is 31.5 Å². The number of rotatable bonds is 3. The van der Waals surface area contributed by atoms with Crippen molar-refractivity contribution < 1.29 is 17.2 Å². The second kappa shape index (κ2) is 7.29. The van der Waals surface area contributed by atoms with Crippen molar-refractivity contribution in [3.8, 4) is 0 Å². The van der Waals surface area contributed by atoms with Crippen molar-refractivity contribution in [1.29, 1.82) is 0 Å². The first-order valence-corrected chi connectivity index (χ1v) is 10.1. The van der Waals surface area contributed by atoms with E-state index in [1.165, 1.54) is 56.4 Å². The van der Waals surface area contributed by atoms with E-state index in [4.69, 9.17) is 12.3 Å². The summed E-state index contributed by atoms with van der Waals surface area (Å²) in [4.78, 5) is 7.43. The van der Waals surface area contributed by atoms with E-state index in [0.29, 0.717) is 11.3 Å². The molecule has 29 heavy (non-hydrogen) atoms. The summed E-state index contributed by atoms with van der Waals surface area (Å²) in [5.41, 5.74) is 5.25. The number of nitrogens with two attached hydrogens (primary N) is 1. The molecule has 0 amide bonds. The van der Waals surface area contributed by atoms with E-state index < -0.39 is 33.0 Å². The molecule has 1 heterocycles. The highest BCUT2D eigenvalue weighted by Gasteiger charge is 2.41. The lowest BCUT2D eigenvalue weighted by Gasteiger charge is -2.34. The van der Waals surface area contributed by atoms with Crippen molar-refractivity contribution in [2.24, 2.45) is 10.7 Å². The van der Waals surface area contributed by atoms with E-state index in [9.17, 15) is 17.2 Å². The van der Waals surface area contributed by atoms with Crippen molar-refractivity contribution >= 4 is 33.6 Å². The summed E-state index contributed by atoms with van der Waals surface area (Å²) in [6.07, 6.45) is 1.20. The third kappa shape index (κ3) is 3.98. The number of nitrogens with zero attached hydrogens (tertiary/aromatic N) is 3. The summed E-state index contributed by atoms with van der Waals surface area (Å²) in [5, 5.41) is 0. The van der Waals surface area contributed by atoms with Crippen LogP contribution in [0.4, 0.5) is 14.5 Å². The lowest BCUT2D eigenvalue weighted by Crippen LogP contribution is -2.50. The van der Waals surface area contributed by atoms with Gasteiger partial charge in [0.25, 0.3) is 0 Å². The number of guanidine groups is 1. The summed E-state index contributed by atoms with van der Waals surface area (Å²) >= 11 is 0. The van der Waals surface area contributed by atoms with Gasteiger partial charge in [0, 0.05) is 18.2 Å². The minimum Gasteiger partial charge on any atom is -0.369 e. The predicted octanol–water partition coefficient (Wildman–Crippen LogP) is 3.65. The van der Waals surface area contributed by atoms with Crippen LogP contribution in [0, 0.1) is 12.4 Å². The van der Waals surface area contributed by atoms with E-state index in [1.807, 2.05) is 0 Å². The van der Waals surface area contributed by atoms with Gasteiger partial charge in [-0.25, -0.2) is 31.3 Å². The van der Waals surface area contributed by atoms with Crippen LogP contribution in [0.3, 0.4) is 0 Å². The Morgan fingerprint density at radius 2 is 1.97 bits per heavy atom. The van der Waals surface area contributed by atoms with E-state index in [0.717, 1.165) is 10.4 Å². The summed E-state index contributed by atoms with van der Waals surface area (Å²) in [6.45, 7) is 8.40. The molecule has 150 valence electrons. The van der Waals surface area contributed by atoms with E-state index in [1.54, 1.807) is 0 Å². The normalized spacial score (nSPS) is 21.4. The Morgan fingerprint density at radius 1 is 1.31 bits per heavy atom. The highest BCUT2D eigenvalue weighted by molar-refractivity contribution is 7.89. The Balaban J connectivity index is 2.03. The van der Waals surface area contributed by atoms with Gasteiger partial charge in [-0.3, -0.25) is 0 Å². The van der Waals surface area contributed by atoms with Gasteiger partial charge in [-0.15, -0.1) is 0 Å². The molecule has 1 aliphatic heterocycles. The number of sulfonamides is 1. The van der Waals surface area contributed by atoms with Crippen LogP contribution in [-0.2, 0) is 15.6 Å². The molecule has 0 unspecified atom stereocenters. The van der Waals surface area contributed by atoms with Gasteiger partial charge >= 0.3 is 0 Å². The SMILES string of the molecule is [C-]#[N+]c1ccc(/C(F)=C/c2ccc(F)c([C@]3(C)CS(=O)(=O)N(C)C(N)=N3)c2)cc1. The molecule has 0 saturated carbocycles. The molecule has 0 fully saturated rings. The Kier molecular flexibility index (Phi) is 5.15. The molecule has 1 aliphatic rings. The largest absolute Gasteiger partial charge is 0.369 e. The van der Waals surface area contributed by atoms with Gasteiger partial charge in [-0.05, 0) is 30.7 Å². The highest BCUT2D eigenvalue weighted by atomic mass is 32.2. The fraction of sp³-hybridized carbons (Fsp3) is 0.200. The molecule has 9 heteroatoms. The third-order valence-electron chi connectivity index (χ3n) is 4.70. The second-order valence-corrected chi connectivity index (χ2v) is 8.86. The summed E-state index contributed by atoms with van der Waals surface area (Å²) < 4.78 is 54.7. The second-order valence-electron chi connectivity index (χ2n) is 6.86. The summed E-state index contributed by atoms with van der Waals surface area (Å²) in [6, 6.07) is 9.81. The fourth-order valence-corrected chi connectivity index (χ4v) is 4.51. The molecule has 0 aromatic heterocycles. The lowest BCUT2D eigenvalue weighted by molar-refractivity contribution is 0.458. The molecule has 0 saturated heterocycles. The Bertz CT molecular complexity index is 1170. The van der Waals surface area contributed by atoms with Crippen molar-refractivity contribution in [3.63, 3.8) is 0 Å². The number of halogens is 2. The van der Waals surface area contributed by atoms with Crippen LogP contribution in [0.1, 0.15) is 23.6 Å². The monoisotopic (exact) mass is 416 g/mol. The maximum absolute atomic E-state index is 14.6. The van der Waals surface area contributed by atoms with Crippen LogP contribution in [0.25, 0.3) is 16.7 Å². The predicted molar refractivity (Wildman–Crippen MR) is 109 cm³/mol. The first-order chi connectivity index (χ1) is 13.6. The number of aliphatic imine (C=N–C) groups is 1. The van der Waals surface area contributed by atoms with Crippen LogP contribution in [0.5, 0.6) is 0 Å². The highest BCUT2D eigenvalue weighted by Crippen LogP contribution is 2.34. The molecule has 2 aromatic rings. The quantitative estimate of drug-likeness (QED) is 0.613. The molecule has 1 atom stereocenters. The van der Waals surface area contributed by atoms with Crippen molar-refractivity contribution in [2.75, 3.05) is 12.8 Å². The van der Waals surface area contributed by atoms with E-state index in [-0.39, 0.29) is 17.1 Å². The molecule has 2 aromatic carbocycles. The minimum absolute atomic E-state index is 0.00188. The van der Waals surface area contributed by atoms with E-state index in [2.05, 4.69) is 9.84 Å². The van der Waals surface area contributed by atoms with Gasteiger partial charge in [0.2, 0.25) is 16.0 Å². The summed E-state index contributed by atoms with van der Waals surface area (Å²) in [5.74, 6) is -1.96. The molecule has 2 N–H and O–H groups in total. The molecular weight excluding hydrogens is 398 g/mol. The maximum Gasteiger partial charge on any atom is 0.239 e. The molecular formula is C20H18F2N4O2S. The maximum atomic E-state index is 14.6. The molecule has 0 aliphatic carbocycles. The third-order valence-corrected chi connectivity index (χ3v) is 6.65. The first-order valence-electron chi connectivity index (χ1n) is 8.53. The van der Waals surface area contributed by atoms with Gasteiger partial charge in [0.1, 0.15) is 17.2 Å². The Morgan fingerprint density at radius 3 is 2.55 bits per heavy atom. The zero-order valence-corrected chi connectivity index (χ0v) is 16.5. The summed E-state index contributed by atoms with van der Waals surface area (Å²) in [7, 11) is -2.50. The average Bonchev–Trinajstić information content (AvgIpc) is 2.67. The molecule has 6 nitrogen and oxygen atoms in total. The van der Waals surface area contributed by atoms with Crippen LogP contribution in [0.2, 0.25) is 0 Å². The minimum atomic E-state index is -3.77. The van der Waals surface area contributed by atoms with Crippen molar-refractivity contribution in [2.45, 2.75) is 12.5 Å². The Hall–Kier alpha value is -3.25. The van der Waals surface area contributed by atoms with Crippen molar-refractivity contribution in [3.05, 3.63) is 76.4 Å². The van der Waals surface area contributed by atoms with Crippen LogP contribution < -0.4 is 5.73 Å². The molecule has 3 rings (SSSR count). The van der Waals surface area contributed by atoms with Gasteiger partial charge in [-0.2, -0.15) is 0 Å². The molecule has 0 spiro atoms. The zero-order chi connectivity index (χ0) is 21.4. The Labute approximate surface area is 167 Å². The average molecular weight is 416 g/mol. The van der Waals surface area contributed by atoms with Crippen molar-refractivity contribution in [1.82, 2.24) is 4.31 Å². The first kappa shape index (κ1) is 20.5. The fourth-order valence-electron chi connectivity index (χ4n) is 3.06. The number of hydrogen-bond donors (Lipinski definition) is 1.